The minimum Gasteiger partial charge on any atom is -0.478 e. The Bertz CT molecular complexity index is 781. The van der Waals surface area contributed by atoms with Gasteiger partial charge >= 0.3 is 0 Å². The zero-order valence-corrected chi connectivity index (χ0v) is 14.1. The zero-order chi connectivity index (χ0) is 17.3. The molecule has 0 saturated heterocycles. The topological polar surface area (TPSA) is 55.6 Å². The molecular weight excluding hydrogens is 300 g/mol. The van der Waals surface area contributed by atoms with Crippen LogP contribution in [0.4, 0.5) is 11.4 Å². The van der Waals surface area contributed by atoms with Crippen LogP contribution in [0.25, 0.3) is 0 Å². The molecule has 2 aromatic rings. The number of ether oxygens (including phenoxy) is 1. The average Bonchev–Trinajstić information content (AvgIpc) is 2.54. The smallest absolute Gasteiger partial charge is 0.268 e. The van der Waals surface area contributed by atoms with Gasteiger partial charge in [0.2, 0.25) is 0 Å². The van der Waals surface area contributed by atoms with Crippen molar-refractivity contribution in [3.8, 4) is 5.75 Å². The summed E-state index contributed by atoms with van der Waals surface area (Å²) < 4.78 is 5.97. The molecule has 3 rings (SSSR count). The first kappa shape index (κ1) is 16.1. The average molecular weight is 322 g/mol. The molecule has 124 valence electrons. The Morgan fingerprint density at radius 3 is 2.62 bits per heavy atom. The van der Waals surface area contributed by atoms with E-state index in [0.29, 0.717) is 30.1 Å². The van der Waals surface area contributed by atoms with Crippen LogP contribution < -0.4 is 15.4 Å². The molecule has 2 N–H and O–H groups in total. The van der Waals surface area contributed by atoms with Crippen LogP contribution in [0, 0.1) is 6.92 Å². The van der Waals surface area contributed by atoms with Crippen molar-refractivity contribution in [1.82, 2.24) is 0 Å². The number of nitrogens with two attached hydrogens (primary N) is 1. The molecular formula is C20H22N2O2. The second-order valence-corrected chi connectivity index (χ2v) is 6.40. The third-order valence-electron chi connectivity index (χ3n) is 4.05. The van der Waals surface area contributed by atoms with E-state index in [1.165, 1.54) is 5.56 Å². The van der Waals surface area contributed by atoms with E-state index in [4.69, 9.17) is 10.5 Å². The molecule has 0 aliphatic carbocycles. The number of aryl methyl sites for hydroxylation is 1. The van der Waals surface area contributed by atoms with Crippen molar-refractivity contribution in [2.24, 2.45) is 0 Å². The number of carbonyl (C=O) groups excluding carboxylic acids is 1. The molecule has 24 heavy (non-hydrogen) atoms. The number of benzene rings is 2. The number of nitrogen functional groups attached to an aromatic ring is 1. The summed E-state index contributed by atoms with van der Waals surface area (Å²) in [7, 11) is 0. The molecule has 4 nitrogen and oxygen atoms in total. The largest absolute Gasteiger partial charge is 0.478 e. The van der Waals surface area contributed by atoms with E-state index in [-0.39, 0.29) is 5.91 Å². The summed E-state index contributed by atoms with van der Waals surface area (Å²) in [4.78, 5) is 14.6. The zero-order valence-electron chi connectivity index (χ0n) is 14.1. The monoisotopic (exact) mass is 322 g/mol. The third-order valence-corrected chi connectivity index (χ3v) is 4.05. The van der Waals surface area contributed by atoms with Crippen molar-refractivity contribution in [2.75, 3.05) is 17.2 Å². The lowest BCUT2D eigenvalue weighted by molar-refractivity contribution is -0.126. The Hall–Kier alpha value is -2.75. The Labute approximate surface area is 142 Å². The first-order valence-electron chi connectivity index (χ1n) is 8.01. The summed E-state index contributed by atoms with van der Waals surface area (Å²) in [5.41, 5.74) is 10.4. The van der Waals surface area contributed by atoms with Gasteiger partial charge in [0.25, 0.3) is 5.91 Å². The molecule has 1 unspecified atom stereocenters. The van der Waals surface area contributed by atoms with Crippen molar-refractivity contribution in [1.29, 1.82) is 0 Å². The second-order valence-electron chi connectivity index (χ2n) is 6.40. The second kappa shape index (κ2) is 6.40. The fourth-order valence-corrected chi connectivity index (χ4v) is 2.84. The van der Waals surface area contributed by atoms with Crippen molar-refractivity contribution in [3.63, 3.8) is 0 Å². The SMILES string of the molecule is C=C(C)CN1C(=O)C(Cc2ccc(C)cc2)Oc2ccc(N)cc21. The molecule has 0 aromatic heterocycles. The molecule has 4 heteroatoms. The Morgan fingerprint density at radius 2 is 1.96 bits per heavy atom. The third kappa shape index (κ3) is 3.27. The van der Waals surface area contributed by atoms with Crippen LogP contribution in [0.2, 0.25) is 0 Å². The molecule has 1 aliphatic heterocycles. The predicted octanol–water partition coefficient (Wildman–Crippen LogP) is 3.49. The Morgan fingerprint density at radius 1 is 1.25 bits per heavy atom. The molecule has 2 aromatic carbocycles. The maximum Gasteiger partial charge on any atom is 0.268 e. The molecule has 1 amide bonds. The lowest BCUT2D eigenvalue weighted by atomic mass is 10.0. The van der Waals surface area contributed by atoms with Crippen LogP contribution in [0.3, 0.4) is 0 Å². The van der Waals surface area contributed by atoms with Crippen LogP contribution in [0.15, 0.2) is 54.6 Å². The van der Waals surface area contributed by atoms with E-state index < -0.39 is 6.10 Å². The van der Waals surface area contributed by atoms with Crippen LogP contribution in [-0.4, -0.2) is 18.6 Å². The van der Waals surface area contributed by atoms with Gasteiger partial charge in [0, 0.05) is 18.7 Å². The Balaban J connectivity index is 1.92. The quantitative estimate of drug-likeness (QED) is 0.692. The van der Waals surface area contributed by atoms with Gasteiger partial charge < -0.3 is 15.4 Å². The van der Waals surface area contributed by atoms with E-state index in [1.54, 1.807) is 17.0 Å². The highest BCUT2D eigenvalue weighted by Gasteiger charge is 2.34. The van der Waals surface area contributed by atoms with Crippen molar-refractivity contribution < 1.29 is 9.53 Å². The summed E-state index contributed by atoms with van der Waals surface area (Å²) in [5.74, 6) is 0.624. The molecule has 1 aliphatic rings. The summed E-state index contributed by atoms with van der Waals surface area (Å²) in [6, 6.07) is 13.5. The summed E-state index contributed by atoms with van der Waals surface area (Å²) in [6.07, 6.45) is -0.00140. The summed E-state index contributed by atoms with van der Waals surface area (Å²) in [5, 5.41) is 0. The van der Waals surface area contributed by atoms with Crippen LogP contribution in [0.5, 0.6) is 5.75 Å². The number of nitrogens with zero attached hydrogens (tertiary/aromatic N) is 1. The lowest BCUT2D eigenvalue weighted by Crippen LogP contribution is -2.47. The number of amides is 1. The normalized spacial score (nSPS) is 16.5. The van der Waals surface area contributed by atoms with Crippen molar-refractivity contribution in [3.05, 3.63) is 65.7 Å². The van der Waals surface area contributed by atoms with Crippen LogP contribution in [-0.2, 0) is 11.2 Å². The van der Waals surface area contributed by atoms with E-state index in [9.17, 15) is 4.79 Å². The van der Waals surface area contributed by atoms with Crippen LogP contribution >= 0.6 is 0 Å². The summed E-state index contributed by atoms with van der Waals surface area (Å²) >= 11 is 0. The first-order chi connectivity index (χ1) is 11.4. The fraction of sp³-hybridized carbons (Fsp3) is 0.250. The van der Waals surface area contributed by atoms with Gasteiger partial charge in [-0.25, -0.2) is 0 Å². The van der Waals surface area contributed by atoms with Gasteiger partial charge in [0.05, 0.1) is 5.69 Å². The van der Waals surface area contributed by atoms with Gasteiger partial charge in [-0.05, 0) is 37.6 Å². The van der Waals surface area contributed by atoms with E-state index in [2.05, 4.69) is 6.58 Å². The standard InChI is InChI=1S/C20H22N2O2/c1-13(2)12-22-17-11-16(21)8-9-18(17)24-19(20(22)23)10-15-6-4-14(3)5-7-15/h4-9,11,19H,1,10,12,21H2,2-3H3. The number of hydrogen-bond donors (Lipinski definition) is 1. The lowest BCUT2D eigenvalue weighted by Gasteiger charge is -2.34. The Kier molecular flexibility index (Phi) is 4.30. The fourth-order valence-electron chi connectivity index (χ4n) is 2.84. The minimum absolute atomic E-state index is 0.0586. The van der Waals surface area contributed by atoms with Gasteiger partial charge in [-0.1, -0.05) is 42.0 Å². The molecule has 0 bridgehead atoms. The van der Waals surface area contributed by atoms with E-state index in [0.717, 1.165) is 11.1 Å². The van der Waals surface area contributed by atoms with Crippen LogP contribution in [0.1, 0.15) is 18.1 Å². The van der Waals surface area contributed by atoms with Gasteiger partial charge in [0.1, 0.15) is 5.75 Å². The molecule has 0 radical (unpaired) electrons. The van der Waals surface area contributed by atoms with E-state index >= 15 is 0 Å². The number of anilines is 2. The highest BCUT2D eigenvalue weighted by atomic mass is 16.5. The number of fused-ring (bicyclic) bond motifs is 1. The summed E-state index contributed by atoms with van der Waals surface area (Å²) in [6.45, 7) is 8.34. The molecule has 0 fully saturated rings. The minimum atomic E-state index is -0.539. The van der Waals surface area contributed by atoms with Crippen molar-refractivity contribution in [2.45, 2.75) is 26.4 Å². The van der Waals surface area contributed by atoms with Crippen molar-refractivity contribution >= 4 is 17.3 Å². The number of hydrogen-bond acceptors (Lipinski definition) is 3. The number of carbonyl (C=O) groups is 1. The predicted molar refractivity (Wildman–Crippen MR) is 97.3 cm³/mol. The highest BCUT2D eigenvalue weighted by Crippen LogP contribution is 2.36. The van der Waals surface area contributed by atoms with Gasteiger partial charge in [-0.3, -0.25) is 4.79 Å². The highest BCUT2D eigenvalue weighted by molar-refractivity contribution is 6.01. The van der Waals surface area contributed by atoms with Gasteiger partial charge in [0.15, 0.2) is 6.10 Å². The van der Waals surface area contributed by atoms with Gasteiger partial charge in [-0.15, -0.1) is 0 Å². The van der Waals surface area contributed by atoms with E-state index in [1.807, 2.05) is 44.2 Å². The molecule has 1 atom stereocenters. The maximum atomic E-state index is 12.9. The molecule has 1 heterocycles. The van der Waals surface area contributed by atoms with Gasteiger partial charge in [-0.2, -0.15) is 0 Å². The first-order valence-corrected chi connectivity index (χ1v) is 8.01. The maximum absolute atomic E-state index is 12.9. The number of rotatable bonds is 4. The molecule has 0 spiro atoms. The molecule has 0 saturated carbocycles.